The zero-order valence-electron chi connectivity index (χ0n) is 15.8. The average molecular weight is 431 g/mol. The van der Waals surface area contributed by atoms with Gasteiger partial charge in [-0.25, -0.2) is 15.8 Å². The number of aliphatic imine (C=N–C) groups is 1. The van der Waals surface area contributed by atoms with E-state index in [1.807, 2.05) is 0 Å². The summed E-state index contributed by atoms with van der Waals surface area (Å²) in [6.07, 6.45) is -5.06. The molecule has 1 aromatic carbocycles. The Labute approximate surface area is 171 Å². The molecule has 0 saturated carbocycles. The molecule has 2 atom stereocenters. The van der Waals surface area contributed by atoms with Crippen molar-refractivity contribution in [3.8, 4) is 0 Å². The topological polar surface area (TPSA) is 43.0 Å². The van der Waals surface area contributed by atoms with Gasteiger partial charge in [-0.3, -0.25) is 4.99 Å². The summed E-state index contributed by atoms with van der Waals surface area (Å²) in [5, 5.41) is 0.0381. The van der Waals surface area contributed by atoms with Crippen molar-refractivity contribution in [1.82, 2.24) is 0 Å². The molecular weight excluding hydrogens is 412 g/mol. The molecular formula is C20H19ClF4N2O2. The van der Waals surface area contributed by atoms with E-state index in [-0.39, 0.29) is 35.6 Å². The van der Waals surface area contributed by atoms with E-state index in [1.165, 1.54) is 12.1 Å². The van der Waals surface area contributed by atoms with E-state index in [0.717, 1.165) is 13.2 Å². The van der Waals surface area contributed by atoms with Gasteiger partial charge in [0.2, 0.25) is 0 Å². The van der Waals surface area contributed by atoms with Crippen molar-refractivity contribution < 1.29 is 27.1 Å². The van der Waals surface area contributed by atoms with Crippen molar-refractivity contribution in [3.63, 3.8) is 0 Å². The van der Waals surface area contributed by atoms with E-state index < -0.39 is 36.3 Å². The van der Waals surface area contributed by atoms with E-state index in [4.69, 9.17) is 22.9 Å². The molecule has 0 N–H and O–H groups in total. The molecule has 0 aliphatic carbocycles. The van der Waals surface area contributed by atoms with Gasteiger partial charge in [0.1, 0.15) is 11.7 Å². The Balaban J connectivity index is 2.49. The number of rotatable bonds is 6. The van der Waals surface area contributed by atoms with Crippen LogP contribution in [0.5, 0.6) is 0 Å². The number of ether oxygens (including phenoxy) is 1. The molecule has 156 valence electrons. The highest BCUT2D eigenvalue weighted by Gasteiger charge is 2.43. The molecule has 1 aliphatic heterocycles. The van der Waals surface area contributed by atoms with Crippen LogP contribution in [-0.4, -0.2) is 31.0 Å². The highest BCUT2D eigenvalue weighted by Crippen LogP contribution is 2.41. The Morgan fingerprint density at radius 3 is 2.59 bits per heavy atom. The van der Waals surface area contributed by atoms with Crippen molar-refractivity contribution in [2.24, 2.45) is 4.99 Å². The van der Waals surface area contributed by atoms with E-state index in [9.17, 15) is 22.4 Å². The number of benzene rings is 1. The number of hydrogen-bond donors (Lipinski definition) is 0. The van der Waals surface area contributed by atoms with Crippen LogP contribution >= 0.6 is 11.6 Å². The van der Waals surface area contributed by atoms with Gasteiger partial charge in [-0.1, -0.05) is 17.7 Å². The zero-order chi connectivity index (χ0) is 21.8. The minimum absolute atomic E-state index is 0.0381. The Kier molecular flexibility index (Phi) is 7.42. The van der Waals surface area contributed by atoms with Gasteiger partial charge in [0.25, 0.3) is 6.04 Å². The lowest BCUT2D eigenvalue weighted by Gasteiger charge is -2.27. The summed E-state index contributed by atoms with van der Waals surface area (Å²) in [7, 11) is 1.16. The van der Waals surface area contributed by atoms with E-state index in [0.29, 0.717) is 11.3 Å². The van der Waals surface area contributed by atoms with Crippen LogP contribution in [0, 0.1) is 12.4 Å². The summed E-state index contributed by atoms with van der Waals surface area (Å²) in [5.41, 5.74) is 1.10. The number of nitrogens with zero attached hydrogens (tertiary/aromatic N) is 2. The third-order valence-corrected chi connectivity index (χ3v) is 4.97. The third-order valence-electron chi connectivity index (χ3n) is 4.64. The quantitative estimate of drug-likeness (QED) is 0.245. The number of carbonyl (C=O) groups is 1. The highest BCUT2D eigenvalue weighted by molar-refractivity contribution is 6.31. The predicted octanol–water partition coefficient (Wildman–Crippen LogP) is 5.87. The monoisotopic (exact) mass is 430 g/mol. The lowest BCUT2D eigenvalue weighted by Crippen LogP contribution is -2.32. The van der Waals surface area contributed by atoms with Crippen LogP contribution in [-0.2, 0) is 9.53 Å². The first-order chi connectivity index (χ1) is 13.6. The normalized spacial score (nSPS) is 19.6. The summed E-state index contributed by atoms with van der Waals surface area (Å²) in [5.74, 6) is -2.18. The Hall–Kier alpha value is -2.40. The first kappa shape index (κ1) is 22.9. The predicted molar refractivity (Wildman–Crippen MR) is 101 cm³/mol. The number of hydrogen-bond acceptors (Lipinski definition) is 3. The molecule has 2 rings (SSSR count). The van der Waals surface area contributed by atoms with E-state index in [2.05, 4.69) is 9.84 Å². The van der Waals surface area contributed by atoms with Crippen LogP contribution in [0.4, 0.5) is 17.6 Å². The summed E-state index contributed by atoms with van der Waals surface area (Å²) >= 11 is 6.19. The van der Waals surface area contributed by atoms with Gasteiger partial charge in [-0.05, 0) is 43.9 Å². The molecule has 0 spiro atoms. The first-order valence-electron chi connectivity index (χ1n) is 8.83. The standard InChI is InChI=1S/C20H19ClF4N2O2/c1-11-18(26-2)16(13-8-7-12(22)10-14(13)21)17(19(28)29-3)15(27-11)6-4-5-9-20(23,24)25/h7-8,10,16,18H,4-6,9H2,1,3H3. The van der Waals surface area contributed by atoms with Crippen molar-refractivity contribution >= 4 is 23.3 Å². The molecule has 0 amide bonds. The van der Waals surface area contributed by atoms with Crippen molar-refractivity contribution in [1.29, 1.82) is 0 Å². The van der Waals surface area contributed by atoms with Gasteiger partial charge in [-0.15, -0.1) is 0 Å². The summed E-state index contributed by atoms with van der Waals surface area (Å²) in [6.45, 7) is 9.15. The SMILES string of the molecule is [C-]#[N+]C1C(C)=NC(CCCCC(F)(F)F)=C(C(=O)OC)C1c1ccc(F)cc1Cl. The maximum absolute atomic E-state index is 13.5. The zero-order valence-corrected chi connectivity index (χ0v) is 16.6. The second kappa shape index (κ2) is 9.40. The second-order valence-corrected chi connectivity index (χ2v) is 7.05. The Morgan fingerprint density at radius 1 is 1.34 bits per heavy atom. The van der Waals surface area contributed by atoms with Gasteiger partial charge in [-0.2, -0.15) is 13.2 Å². The smallest absolute Gasteiger partial charge is 0.389 e. The third kappa shape index (κ3) is 5.57. The number of esters is 1. The molecule has 1 heterocycles. The maximum atomic E-state index is 13.5. The Morgan fingerprint density at radius 2 is 2.03 bits per heavy atom. The lowest BCUT2D eigenvalue weighted by atomic mass is 9.79. The lowest BCUT2D eigenvalue weighted by molar-refractivity contribution is -0.137. The molecule has 0 fully saturated rings. The van der Waals surface area contributed by atoms with Crippen LogP contribution in [0.2, 0.25) is 5.02 Å². The first-order valence-corrected chi connectivity index (χ1v) is 9.21. The van der Waals surface area contributed by atoms with Crippen molar-refractivity contribution in [3.05, 3.63) is 57.3 Å². The van der Waals surface area contributed by atoms with Gasteiger partial charge < -0.3 is 9.58 Å². The number of unbranched alkanes of at least 4 members (excludes halogenated alkanes) is 1. The molecule has 0 radical (unpaired) electrons. The summed E-state index contributed by atoms with van der Waals surface area (Å²) < 4.78 is 55.6. The molecule has 0 aromatic heterocycles. The molecule has 0 saturated heterocycles. The molecule has 2 unspecified atom stereocenters. The van der Waals surface area contributed by atoms with Crippen LogP contribution in [0.1, 0.15) is 44.1 Å². The summed E-state index contributed by atoms with van der Waals surface area (Å²) in [4.78, 5) is 20.4. The van der Waals surface area contributed by atoms with E-state index in [1.54, 1.807) is 6.92 Å². The molecule has 4 nitrogen and oxygen atoms in total. The molecule has 1 aliphatic rings. The molecule has 0 bridgehead atoms. The fourth-order valence-corrected chi connectivity index (χ4v) is 3.61. The van der Waals surface area contributed by atoms with Crippen LogP contribution in [0.25, 0.3) is 4.85 Å². The summed E-state index contributed by atoms with van der Waals surface area (Å²) in [6, 6.07) is 2.77. The molecule has 29 heavy (non-hydrogen) atoms. The van der Waals surface area contributed by atoms with Gasteiger partial charge >= 0.3 is 12.1 Å². The van der Waals surface area contributed by atoms with E-state index >= 15 is 0 Å². The van der Waals surface area contributed by atoms with Gasteiger partial charge in [0, 0.05) is 11.4 Å². The number of carbonyl (C=O) groups excluding carboxylic acids is 1. The largest absolute Gasteiger partial charge is 0.466 e. The maximum Gasteiger partial charge on any atom is 0.389 e. The fraction of sp³-hybridized carbons (Fsp3) is 0.450. The number of alkyl halides is 3. The fourth-order valence-electron chi connectivity index (χ4n) is 3.33. The minimum Gasteiger partial charge on any atom is -0.466 e. The Bertz CT molecular complexity index is 887. The number of allylic oxidation sites excluding steroid dienone is 1. The molecule has 1 aromatic rings. The number of halogens is 5. The number of methoxy groups -OCH3 is 1. The second-order valence-electron chi connectivity index (χ2n) is 6.64. The molecule has 9 heteroatoms. The van der Waals surface area contributed by atoms with Crippen LogP contribution in [0.15, 0.2) is 34.5 Å². The van der Waals surface area contributed by atoms with Gasteiger partial charge in [0.15, 0.2) is 0 Å². The van der Waals surface area contributed by atoms with Crippen LogP contribution in [0.3, 0.4) is 0 Å². The van der Waals surface area contributed by atoms with Crippen molar-refractivity contribution in [2.75, 3.05) is 7.11 Å². The van der Waals surface area contributed by atoms with Crippen LogP contribution < -0.4 is 0 Å². The minimum atomic E-state index is -4.26. The van der Waals surface area contributed by atoms with Gasteiger partial charge in [0.05, 0.1) is 24.1 Å². The average Bonchev–Trinajstić information content (AvgIpc) is 2.63. The van der Waals surface area contributed by atoms with Crippen molar-refractivity contribution in [2.45, 2.75) is 50.7 Å². The highest BCUT2D eigenvalue weighted by atomic mass is 35.5.